The Morgan fingerprint density at radius 2 is 2.15 bits per heavy atom. The smallest absolute Gasteiger partial charge is 0.405 e. The molecule has 27 heavy (non-hydrogen) atoms. The van der Waals surface area contributed by atoms with Crippen molar-refractivity contribution >= 4 is 17.7 Å². The van der Waals surface area contributed by atoms with E-state index in [1.165, 1.54) is 16.8 Å². The molecule has 0 saturated heterocycles. The minimum atomic E-state index is -4.44. The van der Waals surface area contributed by atoms with E-state index >= 15 is 0 Å². The van der Waals surface area contributed by atoms with Crippen molar-refractivity contribution in [1.82, 2.24) is 29.5 Å². The maximum absolute atomic E-state index is 12.5. The summed E-state index contributed by atoms with van der Waals surface area (Å²) in [7, 11) is 0. The van der Waals surface area contributed by atoms with Gasteiger partial charge in [0.1, 0.15) is 12.2 Å². The van der Waals surface area contributed by atoms with E-state index in [2.05, 4.69) is 35.3 Å². The van der Waals surface area contributed by atoms with Crippen molar-refractivity contribution in [2.24, 2.45) is 4.99 Å². The van der Waals surface area contributed by atoms with E-state index in [0.717, 1.165) is 12.8 Å². The average molecular weight is 382 g/mol. The van der Waals surface area contributed by atoms with Gasteiger partial charge in [0.15, 0.2) is 5.65 Å². The number of H-pyrrole nitrogens is 2. The molecule has 1 fully saturated rings. The van der Waals surface area contributed by atoms with Crippen molar-refractivity contribution in [2.45, 2.75) is 25.1 Å². The number of alkyl halides is 3. The van der Waals surface area contributed by atoms with Gasteiger partial charge in [-0.2, -0.15) is 32.8 Å². The van der Waals surface area contributed by atoms with Gasteiger partial charge < -0.3 is 15.4 Å². The number of hydrogen-bond acceptors (Lipinski definition) is 7. The summed E-state index contributed by atoms with van der Waals surface area (Å²) in [6, 6.07) is 0.0558. The Hall–Kier alpha value is -3.38. The highest BCUT2D eigenvalue weighted by molar-refractivity contribution is 5.57. The fourth-order valence-electron chi connectivity index (χ4n) is 2.34. The molecule has 0 unspecified atom stereocenters. The lowest BCUT2D eigenvalue weighted by Crippen LogP contribution is -2.28. The zero-order chi connectivity index (χ0) is 19.2. The Kier molecular flexibility index (Phi) is 3.86. The van der Waals surface area contributed by atoms with Crippen LogP contribution in [0, 0.1) is 0 Å². The van der Waals surface area contributed by atoms with Crippen LogP contribution in [0.15, 0.2) is 16.0 Å². The second-order valence-corrected chi connectivity index (χ2v) is 6.00. The number of rotatable bonds is 4. The highest BCUT2D eigenvalue weighted by atomic mass is 19.4. The number of aromatic hydroxyl groups is 1. The van der Waals surface area contributed by atoms with E-state index in [9.17, 15) is 23.1 Å². The van der Waals surface area contributed by atoms with E-state index in [1.54, 1.807) is 0 Å². The summed E-state index contributed by atoms with van der Waals surface area (Å²) < 4.78 is 38.8. The molecular formula is C14H13F3N8O2. The Morgan fingerprint density at radius 3 is 2.78 bits per heavy atom. The lowest BCUT2D eigenvalue weighted by molar-refractivity contribution is -0.115. The second-order valence-electron chi connectivity index (χ2n) is 6.00. The van der Waals surface area contributed by atoms with Crippen molar-refractivity contribution in [3.8, 4) is 5.88 Å². The summed E-state index contributed by atoms with van der Waals surface area (Å²) >= 11 is 0. The molecule has 3 aromatic heterocycles. The van der Waals surface area contributed by atoms with E-state index in [-0.39, 0.29) is 34.8 Å². The third-order valence-corrected chi connectivity index (χ3v) is 3.71. The number of hydrogen-bond donors (Lipinski definition) is 4. The lowest BCUT2D eigenvalue weighted by atomic mass is 10.3. The molecule has 0 spiro atoms. The predicted molar refractivity (Wildman–Crippen MR) is 85.8 cm³/mol. The van der Waals surface area contributed by atoms with Crippen LogP contribution in [0.1, 0.15) is 18.5 Å². The minimum Gasteiger partial charge on any atom is -0.493 e. The Labute approximate surface area is 147 Å². The molecule has 0 aliphatic heterocycles. The Morgan fingerprint density at radius 1 is 1.37 bits per heavy atom. The molecule has 10 nitrogen and oxygen atoms in total. The molecule has 4 rings (SSSR count). The number of anilines is 1. The summed E-state index contributed by atoms with van der Waals surface area (Å²) in [6.45, 7) is -1.30. The van der Waals surface area contributed by atoms with Crippen LogP contribution in [0.4, 0.5) is 19.1 Å². The van der Waals surface area contributed by atoms with Crippen molar-refractivity contribution in [1.29, 1.82) is 0 Å². The van der Waals surface area contributed by atoms with Crippen LogP contribution in [0.25, 0.3) is 11.7 Å². The molecule has 1 aliphatic rings. The predicted octanol–water partition coefficient (Wildman–Crippen LogP) is -0.569. The largest absolute Gasteiger partial charge is 0.493 e. The standard InChI is InChI=1S/C14H13F3N8O2/c15-14(16,17)5-18-11-22-9-6(3-8-10(26)23-13(27)21-8)4-19-25(9)12(24-11)20-7-1-2-7/h3-4,7,26H,1-2,5H2,(H,18,20,24)(H2,21,23,27)/b6-3+. The van der Waals surface area contributed by atoms with Crippen molar-refractivity contribution < 1.29 is 18.3 Å². The third-order valence-electron chi connectivity index (χ3n) is 3.71. The monoisotopic (exact) mass is 382 g/mol. The topological polar surface area (TPSA) is 136 Å². The zero-order valence-corrected chi connectivity index (χ0v) is 13.6. The van der Waals surface area contributed by atoms with Gasteiger partial charge in [-0.25, -0.2) is 9.79 Å². The van der Waals surface area contributed by atoms with Gasteiger partial charge in [0.2, 0.25) is 11.8 Å². The number of nitrogens with one attached hydrogen (secondary N) is 3. The van der Waals surface area contributed by atoms with Crippen molar-refractivity contribution in [3.05, 3.63) is 33.2 Å². The molecule has 0 bridgehead atoms. The van der Waals surface area contributed by atoms with Crippen LogP contribution in [-0.4, -0.2) is 53.4 Å². The van der Waals surface area contributed by atoms with Crippen LogP contribution in [0.2, 0.25) is 0 Å². The highest BCUT2D eigenvalue weighted by Gasteiger charge is 2.27. The van der Waals surface area contributed by atoms with Crippen LogP contribution in [0.3, 0.4) is 0 Å². The van der Waals surface area contributed by atoms with Gasteiger partial charge in [0, 0.05) is 5.22 Å². The number of halogens is 3. The van der Waals surface area contributed by atoms with Gasteiger partial charge in [-0.3, -0.25) is 4.98 Å². The summed E-state index contributed by atoms with van der Waals surface area (Å²) in [4.78, 5) is 28.2. The van der Waals surface area contributed by atoms with Gasteiger partial charge in [-0.05, 0) is 18.9 Å². The number of aromatic nitrogens is 6. The SMILES string of the molecule is O=c1[nH]c(O)c(/C=c2\cnn3c(=NC4CC4)nc(NCC(F)(F)F)nc23)[nH]1. The molecule has 142 valence electrons. The molecule has 1 saturated carbocycles. The third kappa shape index (κ3) is 3.75. The summed E-state index contributed by atoms with van der Waals surface area (Å²) in [6.07, 6.45) is 0.0746. The van der Waals surface area contributed by atoms with E-state index in [0.29, 0.717) is 5.22 Å². The van der Waals surface area contributed by atoms with Gasteiger partial charge in [-0.1, -0.05) is 0 Å². The summed E-state index contributed by atoms with van der Waals surface area (Å²) in [5.41, 5.74) is -0.227. The van der Waals surface area contributed by atoms with Crippen LogP contribution < -0.4 is 21.8 Å². The molecule has 1 aliphatic carbocycles. The van der Waals surface area contributed by atoms with Crippen LogP contribution in [0.5, 0.6) is 5.88 Å². The minimum absolute atomic E-state index is 0.0558. The molecule has 0 atom stereocenters. The number of fused-ring (bicyclic) bond motifs is 1. The molecule has 3 aromatic rings. The first kappa shape index (κ1) is 17.1. The lowest BCUT2D eigenvalue weighted by Gasteiger charge is -2.08. The Bertz CT molecular complexity index is 1170. The summed E-state index contributed by atoms with van der Waals surface area (Å²) in [5, 5.41) is 16.3. The molecule has 0 amide bonds. The maximum Gasteiger partial charge on any atom is 0.405 e. The number of nitrogens with zero attached hydrogens (tertiary/aromatic N) is 5. The zero-order valence-electron chi connectivity index (χ0n) is 13.6. The van der Waals surface area contributed by atoms with Gasteiger partial charge in [0.05, 0.1) is 12.2 Å². The second kappa shape index (κ2) is 6.10. The van der Waals surface area contributed by atoms with E-state index in [4.69, 9.17) is 0 Å². The molecule has 3 heterocycles. The molecule has 0 aromatic carbocycles. The van der Waals surface area contributed by atoms with E-state index in [1.807, 2.05) is 0 Å². The van der Waals surface area contributed by atoms with Gasteiger partial charge in [0.25, 0.3) is 5.62 Å². The van der Waals surface area contributed by atoms with Gasteiger partial charge >= 0.3 is 11.9 Å². The van der Waals surface area contributed by atoms with Crippen LogP contribution in [-0.2, 0) is 0 Å². The van der Waals surface area contributed by atoms with Crippen LogP contribution >= 0.6 is 0 Å². The normalized spacial score (nSPS) is 16.4. The summed E-state index contributed by atoms with van der Waals surface area (Å²) in [5.74, 6) is -0.632. The first-order valence-corrected chi connectivity index (χ1v) is 7.92. The molecule has 0 radical (unpaired) electrons. The fourth-order valence-corrected chi connectivity index (χ4v) is 2.34. The van der Waals surface area contributed by atoms with Crippen molar-refractivity contribution in [2.75, 3.05) is 11.9 Å². The number of aromatic amines is 2. The fraction of sp³-hybridized carbons (Fsp3) is 0.357. The first-order valence-electron chi connectivity index (χ1n) is 7.92. The molecular weight excluding hydrogens is 369 g/mol. The Balaban J connectivity index is 1.86. The first-order chi connectivity index (χ1) is 12.8. The maximum atomic E-state index is 12.5. The van der Waals surface area contributed by atoms with E-state index < -0.39 is 18.4 Å². The van der Waals surface area contributed by atoms with Crippen molar-refractivity contribution in [3.63, 3.8) is 0 Å². The molecule has 4 N–H and O–H groups in total. The average Bonchev–Trinajstić information content (AvgIpc) is 3.21. The highest BCUT2D eigenvalue weighted by Crippen LogP contribution is 2.22. The molecule has 13 heteroatoms. The number of imidazole rings is 1. The van der Waals surface area contributed by atoms with Gasteiger partial charge in [-0.15, -0.1) is 0 Å². The quantitative estimate of drug-likeness (QED) is 0.477.